The Morgan fingerprint density at radius 1 is 0.960 bits per heavy atom. The molecule has 25 heavy (non-hydrogen) atoms. The van der Waals surface area contributed by atoms with Crippen molar-refractivity contribution < 1.29 is 13.6 Å². The first kappa shape index (κ1) is 15.6. The fraction of sp³-hybridized carbons (Fsp3) is 0.150. The van der Waals surface area contributed by atoms with Crippen LogP contribution in [0.2, 0.25) is 0 Å². The van der Waals surface area contributed by atoms with Crippen LogP contribution in [0.25, 0.3) is 5.69 Å². The maximum atomic E-state index is 14.4. The van der Waals surface area contributed by atoms with Crippen molar-refractivity contribution in [2.24, 2.45) is 0 Å². The molecular weight excluding hydrogens is 322 g/mol. The summed E-state index contributed by atoms with van der Waals surface area (Å²) in [4.78, 5) is 14.0. The van der Waals surface area contributed by atoms with Gasteiger partial charge in [0.15, 0.2) is 0 Å². The van der Waals surface area contributed by atoms with Gasteiger partial charge in [0.2, 0.25) is 0 Å². The maximum absolute atomic E-state index is 14.4. The van der Waals surface area contributed by atoms with Gasteiger partial charge in [0.05, 0.1) is 6.54 Å². The predicted molar refractivity (Wildman–Crippen MR) is 90.8 cm³/mol. The van der Waals surface area contributed by atoms with Crippen molar-refractivity contribution in [1.82, 2.24) is 9.47 Å². The van der Waals surface area contributed by atoms with Crippen molar-refractivity contribution in [3.8, 4) is 5.69 Å². The van der Waals surface area contributed by atoms with Gasteiger partial charge in [-0.25, -0.2) is 0 Å². The van der Waals surface area contributed by atoms with Crippen molar-refractivity contribution in [3.63, 3.8) is 0 Å². The number of hydrogen-bond acceptors (Lipinski definition) is 1. The summed E-state index contributed by atoms with van der Waals surface area (Å²) in [7, 11) is 0. The van der Waals surface area contributed by atoms with E-state index in [2.05, 4.69) is 0 Å². The minimum atomic E-state index is -3.04. The summed E-state index contributed by atoms with van der Waals surface area (Å²) < 4.78 is 30.7. The van der Waals surface area contributed by atoms with Crippen LogP contribution in [-0.4, -0.2) is 21.9 Å². The zero-order chi connectivity index (χ0) is 17.4. The van der Waals surface area contributed by atoms with E-state index in [0.717, 1.165) is 5.69 Å². The summed E-state index contributed by atoms with van der Waals surface area (Å²) in [5, 5.41) is 0. The molecule has 1 amide bonds. The zero-order valence-corrected chi connectivity index (χ0v) is 13.4. The Hall–Kier alpha value is -2.95. The molecule has 0 N–H and O–H groups in total. The predicted octanol–water partition coefficient (Wildman–Crippen LogP) is 4.23. The number of fused-ring (bicyclic) bond motifs is 1. The number of aromatic nitrogens is 1. The Balaban J connectivity index is 1.65. The lowest BCUT2D eigenvalue weighted by molar-refractivity contribution is -0.0451. The van der Waals surface area contributed by atoms with Crippen LogP contribution in [0.4, 0.5) is 8.78 Å². The van der Waals surface area contributed by atoms with E-state index in [1.165, 1.54) is 11.0 Å². The smallest absolute Gasteiger partial charge is 0.290 e. The molecule has 0 bridgehead atoms. The third-order valence-electron chi connectivity index (χ3n) is 4.44. The summed E-state index contributed by atoms with van der Waals surface area (Å²) in [5.41, 5.74) is 1.73. The van der Waals surface area contributed by atoms with Gasteiger partial charge in [-0.2, -0.15) is 8.78 Å². The minimum Gasteiger partial charge on any atom is -0.328 e. The van der Waals surface area contributed by atoms with Crippen molar-refractivity contribution in [2.75, 3.05) is 6.54 Å². The van der Waals surface area contributed by atoms with E-state index in [-0.39, 0.29) is 18.0 Å². The Kier molecular flexibility index (Phi) is 3.64. The fourth-order valence-electron chi connectivity index (χ4n) is 3.23. The molecule has 3 aromatic rings. The first-order valence-electron chi connectivity index (χ1n) is 8.03. The molecule has 2 aromatic carbocycles. The molecule has 2 heterocycles. The van der Waals surface area contributed by atoms with E-state index in [4.69, 9.17) is 0 Å². The monoisotopic (exact) mass is 338 g/mol. The quantitative estimate of drug-likeness (QED) is 0.687. The van der Waals surface area contributed by atoms with Crippen LogP contribution in [0.5, 0.6) is 0 Å². The minimum absolute atomic E-state index is 0.0140. The SMILES string of the molecule is O=C(c1cccc(-n2cccc2)c1)N1Cc2ccccc2C(F)(F)C1. The molecule has 0 saturated heterocycles. The Labute approximate surface area is 144 Å². The van der Waals surface area contributed by atoms with Gasteiger partial charge in [-0.05, 0) is 35.9 Å². The van der Waals surface area contributed by atoms with Crippen LogP contribution < -0.4 is 0 Å². The molecule has 5 heteroatoms. The number of nitrogens with zero attached hydrogens (tertiary/aromatic N) is 2. The van der Waals surface area contributed by atoms with Crippen LogP contribution in [0.3, 0.4) is 0 Å². The molecule has 0 spiro atoms. The topological polar surface area (TPSA) is 25.2 Å². The average molecular weight is 338 g/mol. The highest BCUT2D eigenvalue weighted by Gasteiger charge is 2.41. The average Bonchev–Trinajstić information content (AvgIpc) is 3.15. The highest BCUT2D eigenvalue weighted by atomic mass is 19.3. The number of carbonyl (C=O) groups excluding carboxylic acids is 1. The molecule has 0 unspecified atom stereocenters. The first-order valence-corrected chi connectivity index (χ1v) is 8.03. The molecule has 1 aromatic heterocycles. The van der Waals surface area contributed by atoms with E-state index in [9.17, 15) is 13.6 Å². The Morgan fingerprint density at radius 2 is 1.72 bits per heavy atom. The third-order valence-corrected chi connectivity index (χ3v) is 4.44. The van der Waals surface area contributed by atoms with Gasteiger partial charge in [-0.1, -0.05) is 30.3 Å². The molecule has 0 atom stereocenters. The second kappa shape index (κ2) is 5.84. The molecule has 1 aliphatic rings. The summed E-state index contributed by atoms with van der Waals surface area (Å²) in [6, 6.07) is 17.2. The molecule has 126 valence electrons. The highest BCUT2D eigenvalue weighted by molar-refractivity contribution is 5.95. The van der Waals surface area contributed by atoms with Gasteiger partial charge < -0.3 is 9.47 Å². The molecule has 4 rings (SSSR count). The lowest BCUT2D eigenvalue weighted by Gasteiger charge is -2.34. The van der Waals surface area contributed by atoms with Crippen LogP contribution in [-0.2, 0) is 12.5 Å². The highest BCUT2D eigenvalue weighted by Crippen LogP contribution is 2.36. The van der Waals surface area contributed by atoms with Crippen LogP contribution in [0, 0.1) is 0 Å². The largest absolute Gasteiger partial charge is 0.328 e. The lowest BCUT2D eigenvalue weighted by atomic mass is 9.96. The first-order chi connectivity index (χ1) is 12.0. The number of benzene rings is 2. The summed E-state index contributed by atoms with van der Waals surface area (Å²) in [6.07, 6.45) is 3.74. The van der Waals surface area contributed by atoms with E-state index < -0.39 is 12.5 Å². The van der Waals surface area contributed by atoms with Crippen molar-refractivity contribution in [2.45, 2.75) is 12.5 Å². The summed E-state index contributed by atoms with van der Waals surface area (Å²) in [5.74, 6) is -3.43. The number of amides is 1. The normalized spacial score (nSPS) is 15.7. The standard InChI is InChI=1S/C20H16F2N2O/c21-20(22)14-24(13-16-6-1-2-9-18(16)20)19(25)15-7-5-8-17(12-15)23-10-3-4-11-23/h1-12H,13-14H2. The van der Waals surface area contributed by atoms with Gasteiger partial charge in [-0.3, -0.25) is 4.79 Å². The van der Waals surface area contributed by atoms with Crippen molar-refractivity contribution in [3.05, 3.63) is 89.7 Å². The second-order valence-electron chi connectivity index (χ2n) is 6.16. The molecule has 1 aliphatic heterocycles. The zero-order valence-electron chi connectivity index (χ0n) is 13.4. The molecule has 0 radical (unpaired) electrons. The number of hydrogen-bond donors (Lipinski definition) is 0. The lowest BCUT2D eigenvalue weighted by Crippen LogP contribution is -2.43. The van der Waals surface area contributed by atoms with Crippen molar-refractivity contribution in [1.29, 1.82) is 0 Å². The molecule has 0 fully saturated rings. The molecule has 0 aliphatic carbocycles. The number of alkyl halides is 2. The summed E-state index contributed by atoms with van der Waals surface area (Å²) >= 11 is 0. The fourth-order valence-corrected chi connectivity index (χ4v) is 3.23. The number of carbonyl (C=O) groups is 1. The van der Waals surface area contributed by atoms with Crippen molar-refractivity contribution >= 4 is 5.91 Å². The second-order valence-corrected chi connectivity index (χ2v) is 6.16. The van der Waals surface area contributed by atoms with Crippen LogP contribution in [0.1, 0.15) is 21.5 Å². The van der Waals surface area contributed by atoms with Gasteiger partial charge in [0.1, 0.15) is 0 Å². The van der Waals surface area contributed by atoms with Crippen LogP contribution in [0.15, 0.2) is 73.1 Å². The Morgan fingerprint density at radius 3 is 2.52 bits per heavy atom. The van der Waals surface area contributed by atoms with Gasteiger partial charge in [0.25, 0.3) is 11.8 Å². The van der Waals surface area contributed by atoms with E-state index >= 15 is 0 Å². The van der Waals surface area contributed by atoms with E-state index in [1.54, 1.807) is 36.4 Å². The third kappa shape index (κ3) is 2.82. The number of rotatable bonds is 2. The Bertz CT molecular complexity index is 919. The van der Waals surface area contributed by atoms with E-state index in [0.29, 0.717) is 11.1 Å². The molecule has 3 nitrogen and oxygen atoms in total. The van der Waals surface area contributed by atoms with Gasteiger partial charge >= 0.3 is 0 Å². The van der Waals surface area contributed by atoms with Gasteiger partial charge in [0, 0.05) is 35.8 Å². The molecule has 0 saturated carbocycles. The number of halogens is 2. The summed E-state index contributed by atoms with van der Waals surface area (Å²) in [6.45, 7) is -0.408. The maximum Gasteiger partial charge on any atom is 0.290 e. The van der Waals surface area contributed by atoms with Crippen LogP contribution >= 0.6 is 0 Å². The molecular formula is C20H16F2N2O. The van der Waals surface area contributed by atoms with Gasteiger partial charge in [-0.15, -0.1) is 0 Å². The van der Waals surface area contributed by atoms with E-state index in [1.807, 2.05) is 35.2 Å².